The van der Waals surface area contributed by atoms with Crippen molar-refractivity contribution in [1.29, 1.82) is 0 Å². The molecule has 1 saturated heterocycles. The molecule has 3 nitrogen and oxygen atoms in total. The second kappa shape index (κ2) is 3.98. The predicted molar refractivity (Wildman–Crippen MR) is 51.9 cm³/mol. The van der Waals surface area contributed by atoms with Gasteiger partial charge in [0.2, 0.25) is 0 Å². The Bertz CT molecular complexity index is 286. The van der Waals surface area contributed by atoms with Crippen LogP contribution in [0.25, 0.3) is 0 Å². The lowest BCUT2D eigenvalue weighted by atomic mass is 10.1. The molecule has 1 fully saturated rings. The SMILES string of the molecule is CC1COC(c2ccc(O)cc2)OC1. The van der Waals surface area contributed by atoms with Crippen LogP contribution in [0.4, 0.5) is 0 Å². The standard InChI is InChI=1S/C11H14O3/c1-8-6-13-11(14-7-8)9-2-4-10(12)5-3-9/h2-5,8,11-12H,6-7H2,1H3. The number of benzene rings is 1. The summed E-state index contributed by atoms with van der Waals surface area (Å²) in [5.41, 5.74) is 0.953. The van der Waals surface area contributed by atoms with E-state index in [4.69, 9.17) is 14.6 Å². The summed E-state index contributed by atoms with van der Waals surface area (Å²) >= 11 is 0. The van der Waals surface area contributed by atoms with Crippen molar-refractivity contribution in [1.82, 2.24) is 0 Å². The molecule has 0 aliphatic carbocycles. The van der Waals surface area contributed by atoms with Gasteiger partial charge in [-0.05, 0) is 12.1 Å². The Morgan fingerprint density at radius 1 is 1.14 bits per heavy atom. The highest BCUT2D eigenvalue weighted by atomic mass is 16.7. The van der Waals surface area contributed by atoms with Crippen molar-refractivity contribution in [3.63, 3.8) is 0 Å². The molecule has 14 heavy (non-hydrogen) atoms. The molecule has 0 unspecified atom stereocenters. The zero-order valence-electron chi connectivity index (χ0n) is 8.14. The van der Waals surface area contributed by atoms with E-state index >= 15 is 0 Å². The van der Waals surface area contributed by atoms with Gasteiger partial charge in [0.05, 0.1) is 13.2 Å². The minimum atomic E-state index is -0.271. The van der Waals surface area contributed by atoms with Crippen LogP contribution in [-0.4, -0.2) is 18.3 Å². The molecule has 0 atom stereocenters. The summed E-state index contributed by atoms with van der Waals surface area (Å²) in [5.74, 6) is 0.723. The van der Waals surface area contributed by atoms with Gasteiger partial charge in [-0.25, -0.2) is 0 Å². The highest BCUT2D eigenvalue weighted by Gasteiger charge is 2.20. The lowest BCUT2D eigenvalue weighted by molar-refractivity contribution is -0.202. The molecule has 2 rings (SSSR count). The first-order chi connectivity index (χ1) is 6.75. The van der Waals surface area contributed by atoms with Gasteiger partial charge < -0.3 is 14.6 Å². The third-order valence-corrected chi connectivity index (χ3v) is 2.23. The Morgan fingerprint density at radius 2 is 1.71 bits per heavy atom. The van der Waals surface area contributed by atoms with Crippen molar-refractivity contribution >= 4 is 0 Å². The Kier molecular flexibility index (Phi) is 2.70. The smallest absolute Gasteiger partial charge is 0.183 e. The van der Waals surface area contributed by atoms with Crippen molar-refractivity contribution < 1.29 is 14.6 Å². The zero-order chi connectivity index (χ0) is 9.97. The minimum Gasteiger partial charge on any atom is -0.508 e. The van der Waals surface area contributed by atoms with Gasteiger partial charge in [-0.2, -0.15) is 0 Å². The first-order valence-corrected chi connectivity index (χ1v) is 4.78. The van der Waals surface area contributed by atoms with Gasteiger partial charge in [-0.1, -0.05) is 19.1 Å². The van der Waals surface area contributed by atoms with Crippen LogP contribution in [0.3, 0.4) is 0 Å². The van der Waals surface area contributed by atoms with Crippen LogP contribution in [0.5, 0.6) is 5.75 Å². The fourth-order valence-corrected chi connectivity index (χ4v) is 1.42. The molecule has 0 radical (unpaired) electrons. The average Bonchev–Trinajstić information content (AvgIpc) is 2.21. The number of rotatable bonds is 1. The van der Waals surface area contributed by atoms with E-state index in [2.05, 4.69) is 6.92 Å². The molecular formula is C11H14O3. The van der Waals surface area contributed by atoms with Gasteiger partial charge in [0.15, 0.2) is 6.29 Å². The quantitative estimate of drug-likeness (QED) is 0.743. The molecule has 0 aromatic heterocycles. The largest absolute Gasteiger partial charge is 0.508 e. The Hall–Kier alpha value is -1.06. The molecule has 0 spiro atoms. The topological polar surface area (TPSA) is 38.7 Å². The maximum Gasteiger partial charge on any atom is 0.183 e. The van der Waals surface area contributed by atoms with Crippen molar-refractivity contribution in [2.24, 2.45) is 5.92 Å². The van der Waals surface area contributed by atoms with Crippen LogP contribution in [0, 0.1) is 5.92 Å². The lowest BCUT2D eigenvalue weighted by Gasteiger charge is -2.27. The van der Waals surface area contributed by atoms with E-state index in [-0.39, 0.29) is 12.0 Å². The second-order valence-electron chi connectivity index (χ2n) is 3.70. The Balaban J connectivity index is 2.05. The summed E-state index contributed by atoms with van der Waals surface area (Å²) < 4.78 is 11.0. The third-order valence-electron chi connectivity index (χ3n) is 2.23. The van der Waals surface area contributed by atoms with Crippen LogP contribution in [0.15, 0.2) is 24.3 Å². The Labute approximate surface area is 83.3 Å². The van der Waals surface area contributed by atoms with Gasteiger partial charge in [-0.3, -0.25) is 0 Å². The molecule has 1 N–H and O–H groups in total. The van der Waals surface area contributed by atoms with Crippen molar-refractivity contribution in [3.05, 3.63) is 29.8 Å². The summed E-state index contributed by atoms with van der Waals surface area (Å²) in [7, 11) is 0. The zero-order valence-corrected chi connectivity index (χ0v) is 8.14. The maximum absolute atomic E-state index is 9.12. The van der Waals surface area contributed by atoms with E-state index < -0.39 is 0 Å². The number of phenols is 1. The molecule has 1 aliphatic heterocycles. The van der Waals surface area contributed by atoms with Crippen LogP contribution in [0.1, 0.15) is 18.8 Å². The molecule has 0 saturated carbocycles. The summed E-state index contributed by atoms with van der Waals surface area (Å²) in [6, 6.07) is 6.91. The lowest BCUT2D eigenvalue weighted by Crippen LogP contribution is -2.24. The summed E-state index contributed by atoms with van der Waals surface area (Å²) in [5, 5.41) is 9.12. The molecule has 1 aromatic carbocycles. The number of ether oxygens (including phenoxy) is 2. The van der Waals surface area contributed by atoms with Gasteiger partial charge in [0.25, 0.3) is 0 Å². The van der Waals surface area contributed by atoms with Crippen molar-refractivity contribution in [3.8, 4) is 5.75 Å². The molecular weight excluding hydrogens is 180 g/mol. The molecule has 1 aliphatic rings. The van der Waals surface area contributed by atoms with E-state index in [1.54, 1.807) is 12.1 Å². The van der Waals surface area contributed by atoms with Gasteiger partial charge in [-0.15, -0.1) is 0 Å². The van der Waals surface area contributed by atoms with E-state index in [0.29, 0.717) is 5.92 Å². The predicted octanol–water partition coefficient (Wildman–Crippen LogP) is 2.07. The second-order valence-corrected chi connectivity index (χ2v) is 3.70. The average molecular weight is 194 g/mol. The monoisotopic (exact) mass is 194 g/mol. The molecule has 1 heterocycles. The van der Waals surface area contributed by atoms with Crippen molar-refractivity contribution in [2.75, 3.05) is 13.2 Å². The van der Waals surface area contributed by atoms with Gasteiger partial charge in [0, 0.05) is 11.5 Å². The molecule has 1 aromatic rings. The van der Waals surface area contributed by atoms with Crippen LogP contribution in [0.2, 0.25) is 0 Å². The number of phenolic OH excluding ortho intramolecular Hbond substituents is 1. The summed E-state index contributed by atoms with van der Waals surface area (Å²) in [4.78, 5) is 0. The number of hydrogen-bond donors (Lipinski definition) is 1. The van der Waals surface area contributed by atoms with E-state index in [1.165, 1.54) is 0 Å². The molecule has 3 heteroatoms. The first kappa shape index (κ1) is 9.49. The van der Waals surface area contributed by atoms with Crippen LogP contribution in [-0.2, 0) is 9.47 Å². The van der Waals surface area contributed by atoms with Crippen LogP contribution < -0.4 is 0 Å². The normalized spacial score (nSPS) is 27.5. The third kappa shape index (κ3) is 2.05. The molecule has 0 amide bonds. The van der Waals surface area contributed by atoms with E-state index in [0.717, 1.165) is 18.8 Å². The molecule has 76 valence electrons. The number of aromatic hydroxyl groups is 1. The highest BCUT2D eigenvalue weighted by Crippen LogP contribution is 2.25. The maximum atomic E-state index is 9.12. The van der Waals surface area contributed by atoms with E-state index in [1.807, 2.05) is 12.1 Å². The van der Waals surface area contributed by atoms with Gasteiger partial charge >= 0.3 is 0 Å². The fourth-order valence-electron chi connectivity index (χ4n) is 1.42. The summed E-state index contributed by atoms with van der Waals surface area (Å²) in [6.07, 6.45) is -0.271. The fraction of sp³-hybridized carbons (Fsp3) is 0.455. The summed E-state index contributed by atoms with van der Waals surface area (Å²) in [6.45, 7) is 3.55. The van der Waals surface area contributed by atoms with E-state index in [9.17, 15) is 0 Å². The minimum absolute atomic E-state index is 0.262. The number of hydrogen-bond acceptors (Lipinski definition) is 3. The Morgan fingerprint density at radius 3 is 2.29 bits per heavy atom. The first-order valence-electron chi connectivity index (χ1n) is 4.78. The highest BCUT2D eigenvalue weighted by molar-refractivity contribution is 5.26. The van der Waals surface area contributed by atoms with Crippen molar-refractivity contribution in [2.45, 2.75) is 13.2 Å². The van der Waals surface area contributed by atoms with Crippen LogP contribution >= 0.6 is 0 Å². The molecule has 0 bridgehead atoms. The van der Waals surface area contributed by atoms with Gasteiger partial charge in [0.1, 0.15) is 5.75 Å².